The summed E-state index contributed by atoms with van der Waals surface area (Å²) in [6.07, 6.45) is 1.89. The minimum atomic E-state index is -1.61. The maximum absolute atomic E-state index is 13.0. The molecule has 7 atom stereocenters. The lowest BCUT2D eigenvalue weighted by Crippen LogP contribution is -2.52. The molecule has 4 rings (SSSR count). The van der Waals surface area contributed by atoms with E-state index in [1.807, 2.05) is 0 Å². The molecular formula is C33H49BN8O10S. The molecule has 6 amide bonds. The van der Waals surface area contributed by atoms with Gasteiger partial charge in [-0.15, -0.1) is 11.8 Å². The monoisotopic (exact) mass is 760 g/mol. The fourth-order valence-electron chi connectivity index (χ4n) is 6.54. The number of primary amides is 1. The predicted octanol–water partition coefficient (Wildman–Crippen LogP) is -3.73. The molecule has 0 bridgehead atoms. The highest BCUT2D eigenvalue weighted by molar-refractivity contribution is 8.00. The molecule has 20 heteroatoms. The number of amides is 6. The number of hydrogen-bond donors (Lipinski definition) is 9. The molecule has 1 unspecified atom stereocenters. The van der Waals surface area contributed by atoms with Gasteiger partial charge in [0.15, 0.2) is 5.78 Å². The van der Waals surface area contributed by atoms with Gasteiger partial charge in [0.05, 0.1) is 41.9 Å². The van der Waals surface area contributed by atoms with Crippen molar-refractivity contribution in [2.75, 3.05) is 31.9 Å². The summed E-state index contributed by atoms with van der Waals surface area (Å²) in [5.41, 5.74) is 12.2. The topological polar surface area (TPSA) is 287 Å². The smallest absolute Gasteiger partial charge is 0.475 e. The zero-order valence-corrected chi connectivity index (χ0v) is 30.4. The van der Waals surface area contributed by atoms with Gasteiger partial charge < -0.3 is 47.5 Å². The number of rotatable bonds is 19. The first-order valence-electron chi connectivity index (χ1n) is 17.7. The molecule has 3 heterocycles. The highest BCUT2D eigenvalue weighted by Gasteiger charge is 2.42. The fourth-order valence-corrected chi connectivity index (χ4v) is 7.77. The Bertz CT molecular complexity index is 1520. The van der Waals surface area contributed by atoms with Crippen molar-refractivity contribution in [2.45, 2.75) is 93.3 Å². The molecule has 290 valence electrons. The van der Waals surface area contributed by atoms with Crippen LogP contribution in [0.1, 0.15) is 51.0 Å². The minimum Gasteiger partial charge on any atom is -0.508 e. The number of phenols is 1. The summed E-state index contributed by atoms with van der Waals surface area (Å²) in [5, 5.41) is 39.0. The predicted molar refractivity (Wildman–Crippen MR) is 193 cm³/mol. The van der Waals surface area contributed by atoms with Crippen LogP contribution in [0.15, 0.2) is 24.3 Å². The molecule has 11 N–H and O–H groups in total. The highest BCUT2D eigenvalue weighted by Crippen LogP contribution is 2.26. The van der Waals surface area contributed by atoms with Crippen LogP contribution in [0.5, 0.6) is 5.75 Å². The quantitative estimate of drug-likeness (QED) is 0.0485. The van der Waals surface area contributed by atoms with E-state index in [4.69, 9.17) is 11.5 Å². The van der Waals surface area contributed by atoms with Crippen molar-refractivity contribution in [3.8, 4) is 5.75 Å². The zero-order chi connectivity index (χ0) is 38.8. The van der Waals surface area contributed by atoms with Gasteiger partial charge >= 0.3 is 7.12 Å². The Hall–Kier alpha value is -4.08. The van der Waals surface area contributed by atoms with Crippen molar-refractivity contribution in [1.82, 2.24) is 31.1 Å². The largest absolute Gasteiger partial charge is 0.508 e. The third kappa shape index (κ3) is 11.7. The molecule has 3 aliphatic heterocycles. The number of hydrogen-bond acceptors (Lipinski definition) is 14. The van der Waals surface area contributed by atoms with Crippen LogP contribution in [0.25, 0.3) is 0 Å². The van der Waals surface area contributed by atoms with Gasteiger partial charge in [0.25, 0.3) is 0 Å². The standard InChI is InChI=1S/C33H49BN8O10S/c1-18(39-31(48)22(35)12-19-6-8-21(43)9-7-19)25(44)16-38-24(30(36)47)17-53-26-14-29(46)42(33(26)50)11-3-5-28(45)40-20-13-23(37-15-20)32(49)41-10-2-4-27(41)34(51)52/h6-9,18,20,22-24,26-27,37-38,43,51-52H,2-5,10-17,35H2,1H3,(H2,36,47)(H,39,48)(H,40,45)/t18-,20-,22+,23+,24+,26?,27+/m1/s1. The number of nitrogens with two attached hydrogens (primary N) is 2. The van der Waals surface area contributed by atoms with Gasteiger partial charge in [0.2, 0.25) is 35.4 Å². The van der Waals surface area contributed by atoms with Crippen LogP contribution in [-0.4, -0.2) is 147 Å². The average Bonchev–Trinajstić information content (AvgIpc) is 3.85. The Morgan fingerprint density at radius 1 is 1.13 bits per heavy atom. The summed E-state index contributed by atoms with van der Waals surface area (Å²) in [4.78, 5) is 91.1. The molecule has 0 radical (unpaired) electrons. The number of Topliss-reactive ketones (excluding diaryl/α,β-unsaturated/α-hetero) is 1. The van der Waals surface area contributed by atoms with Crippen LogP contribution < -0.4 is 32.7 Å². The highest BCUT2D eigenvalue weighted by atomic mass is 32.2. The van der Waals surface area contributed by atoms with Crippen molar-refractivity contribution in [3.63, 3.8) is 0 Å². The van der Waals surface area contributed by atoms with E-state index in [1.54, 1.807) is 12.1 Å². The maximum Gasteiger partial charge on any atom is 0.475 e. The SMILES string of the molecule is C[C@@H](NC(=O)[C@@H](N)Cc1ccc(O)cc1)C(=O)CN[C@@H](CSC1CC(=O)N(CCCC(=O)N[C@H]2CN[C@H](C(=O)N3CCC[C@H]3B(O)O)C2)C1=O)C(N)=O. The summed E-state index contributed by atoms with van der Waals surface area (Å²) in [6, 6.07) is 2.47. The molecule has 1 aromatic rings. The Morgan fingerprint density at radius 3 is 2.53 bits per heavy atom. The lowest BCUT2D eigenvalue weighted by atomic mass is 9.77. The van der Waals surface area contributed by atoms with Gasteiger partial charge in [-0.05, 0) is 56.7 Å². The first-order chi connectivity index (χ1) is 25.1. The number of nitrogens with one attached hydrogen (secondary N) is 4. The molecular weight excluding hydrogens is 711 g/mol. The molecule has 18 nitrogen and oxygen atoms in total. The molecule has 3 saturated heterocycles. The van der Waals surface area contributed by atoms with E-state index in [0.29, 0.717) is 32.4 Å². The van der Waals surface area contributed by atoms with E-state index < -0.39 is 71.9 Å². The van der Waals surface area contributed by atoms with Crippen LogP contribution >= 0.6 is 11.8 Å². The second kappa shape index (κ2) is 19.3. The first-order valence-corrected chi connectivity index (χ1v) is 18.7. The summed E-state index contributed by atoms with van der Waals surface area (Å²) in [6.45, 7) is 2.00. The molecule has 1 aromatic carbocycles. The van der Waals surface area contributed by atoms with Gasteiger partial charge in [0, 0.05) is 44.3 Å². The van der Waals surface area contributed by atoms with E-state index in [2.05, 4.69) is 21.3 Å². The van der Waals surface area contributed by atoms with Crippen molar-refractivity contribution < 1.29 is 48.7 Å². The van der Waals surface area contributed by atoms with Crippen LogP contribution in [-0.2, 0) is 40.0 Å². The third-order valence-corrected chi connectivity index (χ3v) is 10.9. The fraction of sp³-hybridized carbons (Fsp3) is 0.606. The van der Waals surface area contributed by atoms with Crippen LogP contribution in [0.2, 0.25) is 0 Å². The van der Waals surface area contributed by atoms with E-state index in [1.165, 1.54) is 24.0 Å². The lowest BCUT2D eigenvalue weighted by molar-refractivity contribution is -0.139. The number of carbonyl (C=O) groups is 7. The van der Waals surface area contributed by atoms with Gasteiger partial charge in [-0.1, -0.05) is 12.1 Å². The number of carbonyl (C=O) groups excluding carboxylic acids is 7. The van der Waals surface area contributed by atoms with E-state index in [-0.39, 0.29) is 68.1 Å². The molecule has 53 heavy (non-hydrogen) atoms. The van der Waals surface area contributed by atoms with Gasteiger partial charge in [-0.2, -0.15) is 0 Å². The number of ketones is 1. The number of benzene rings is 1. The maximum atomic E-state index is 13.0. The van der Waals surface area contributed by atoms with Gasteiger partial charge in [0.1, 0.15) is 5.75 Å². The Morgan fingerprint density at radius 2 is 1.85 bits per heavy atom. The minimum absolute atomic E-state index is 0.00128. The number of nitrogens with zero attached hydrogens (tertiary/aromatic N) is 2. The second-order valence-electron chi connectivity index (χ2n) is 13.6. The normalized spacial score (nSPS) is 23.1. The lowest BCUT2D eigenvalue weighted by Gasteiger charge is -2.26. The number of phenolic OH excluding ortho intramolecular Hbond substituents is 1. The Labute approximate surface area is 311 Å². The molecule has 0 aliphatic carbocycles. The zero-order valence-electron chi connectivity index (χ0n) is 29.6. The van der Waals surface area contributed by atoms with Crippen LogP contribution in [0.4, 0.5) is 0 Å². The van der Waals surface area contributed by atoms with Crippen molar-refractivity contribution in [1.29, 1.82) is 0 Å². The van der Waals surface area contributed by atoms with Crippen molar-refractivity contribution in [3.05, 3.63) is 29.8 Å². The summed E-state index contributed by atoms with van der Waals surface area (Å²) in [5.74, 6) is -3.71. The van der Waals surface area contributed by atoms with Crippen molar-refractivity contribution >= 4 is 60.1 Å². The van der Waals surface area contributed by atoms with Crippen LogP contribution in [0.3, 0.4) is 0 Å². The summed E-state index contributed by atoms with van der Waals surface area (Å²) in [7, 11) is -1.61. The Kier molecular flexibility index (Phi) is 15.2. The number of aromatic hydroxyl groups is 1. The van der Waals surface area contributed by atoms with Gasteiger partial charge in [-0.25, -0.2) is 0 Å². The van der Waals surface area contributed by atoms with E-state index >= 15 is 0 Å². The third-order valence-electron chi connectivity index (χ3n) is 9.61. The molecule has 0 aromatic heterocycles. The van der Waals surface area contributed by atoms with E-state index in [9.17, 15) is 48.7 Å². The van der Waals surface area contributed by atoms with Crippen LogP contribution in [0, 0.1) is 0 Å². The molecule has 3 aliphatic rings. The van der Waals surface area contributed by atoms with Crippen molar-refractivity contribution in [2.24, 2.45) is 11.5 Å². The number of thioether (sulfide) groups is 1. The average molecular weight is 761 g/mol. The molecule has 0 saturated carbocycles. The molecule has 0 spiro atoms. The Balaban J connectivity index is 1.14. The van der Waals surface area contributed by atoms with Gasteiger partial charge in [-0.3, -0.25) is 43.8 Å². The number of likely N-dealkylation sites (tertiary alicyclic amines) is 2. The summed E-state index contributed by atoms with van der Waals surface area (Å²) >= 11 is 1.05. The summed E-state index contributed by atoms with van der Waals surface area (Å²) < 4.78 is 0. The second-order valence-corrected chi connectivity index (χ2v) is 14.9. The number of imide groups is 1. The first kappa shape index (κ1) is 41.7. The molecule has 3 fully saturated rings. The van der Waals surface area contributed by atoms with E-state index in [0.717, 1.165) is 22.2 Å².